The molecule has 2 aromatic rings. The molecule has 2 aromatic carbocycles. The molecule has 1 N–H and O–H groups in total. The third-order valence-electron chi connectivity index (χ3n) is 2.78. The van der Waals surface area contributed by atoms with Crippen molar-refractivity contribution in [2.45, 2.75) is 6.42 Å². The number of hydrogen-bond acceptors (Lipinski definition) is 2. The second-order valence-corrected chi connectivity index (χ2v) is 4.44. The number of amides is 1. The Bertz CT molecular complexity index is 602. The SMILES string of the molecule is O=C(Cc1ccccc1)NCCOc1ccc(F)cc1F. The fraction of sp³-hybridized carbons (Fsp3) is 0.188. The van der Waals surface area contributed by atoms with Crippen LogP contribution in [-0.2, 0) is 11.2 Å². The lowest BCUT2D eigenvalue weighted by molar-refractivity contribution is -0.120. The van der Waals surface area contributed by atoms with Gasteiger partial charge in [-0.25, -0.2) is 8.78 Å². The van der Waals surface area contributed by atoms with Crippen LogP contribution in [0, 0.1) is 11.6 Å². The van der Waals surface area contributed by atoms with Crippen LogP contribution in [0.4, 0.5) is 8.78 Å². The van der Waals surface area contributed by atoms with E-state index < -0.39 is 11.6 Å². The minimum Gasteiger partial charge on any atom is -0.489 e. The van der Waals surface area contributed by atoms with Gasteiger partial charge in [-0.05, 0) is 17.7 Å². The van der Waals surface area contributed by atoms with Crippen LogP contribution in [0.1, 0.15) is 5.56 Å². The van der Waals surface area contributed by atoms with Crippen molar-refractivity contribution in [2.75, 3.05) is 13.2 Å². The molecule has 0 saturated heterocycles. The molecule has 1 amide bonds. The first-order chi connectivity index (χ1) is 10.1. The predicted octanol–water partition coefficient (Wildman–Crippen LogP) is 2.70. The first-order valence-corrected chi connectivity index (χ1v) is 6.53. The Morgan fingerprint density at radius 2 is 1.86 bits per heavy atom. The van der Waals surface area contributed by atoms with Crippen molar-refractivity contribution < 1.29 is 18.3 Å². The summed E-state index contributed by atoms with van der Waals surface area (Å²) in [5, 5.41) is 2.67. The van der Waals surface area contributed by atoms with Crippen LogP contribution in [0.25, 0.3) is 0 Å². The molecule has 0 unspecified atom stereocenters. The second kappa shape index (κ2) is 7.38. The standard InChI is InChI=1S/C16H15F2NO2/c17-13-6-7-15(14(18)11-13)21-9-8-19-16(20)10-12-4-2-1-3-5-12/h1-7,11H,8-10H2,(H,19,20). The molecule has 0 aliphatic carbocycles. The van der Waals surface area contributed by atoms with Crippen LogP contribution in [0.2, 0.25) is 0 Å². The molecule has 0 atom stereocenters. The number of halogens is 2. The topological polar surface area (TPSA) is 38.3 Å². The van der Waals surface area contributed by atoms with E-state index in [0.717, 1.165) is 17.7 Å². The van der Waals surface area contributed by atoms with E-state index in [-0.39, 0.29) is 31.2 Å². The quantitative estimate of drug-likeness (QED) is 0.831. The summed E-state index contributed by atoms with van der Waals surface area (Å²) in [6.07, 6.45) is 0.283. The van der Waals surface area contributed by atoms with E-state index in [9.17, 15) is 13.6 Å². The average Bonchev–Trinajstić information content (AvgIpc) is 2.46. The van der Waals surface area contributed by atoms with E-state index in [4.69, 9.17) is 4.74 Å². The summed E-state index contributed by atoms with van der Waals surface area (Å²) in [6.45, 7) is 0.367. The van der Waals surface area contributed by atoms with E-state index >= 15 is 0 Å². The summed E-state index contributed by atoms with van der Waals surface area (Å²) < 4.78 is 31.1. The minimum atomic E-state index is -0.759. The third-order valence-corrected chi connectivity index (χ3v) is 2.78. The number of benzene rings is 2. The van der Waals surface area contributed by atoms with Crippen molar-refractivity contribution in [1.29, 1.82) is 0 Å². The molecule has 0 bridgehead atoms. The van der Waals surface area contributed by atoms with Crippen molar-refractivity contribution in [2.24, 2.45) is 0 Å². The fourth-order valence-electron chi connectivity index (χ4n) is 1.79. The van der Waals surface area contributed by atoms with E-state index in [0.29, 0.717) is 0 Å². The van der Waals surface area contributed by atoms with Gasteiger partial charge in [-0.2, -0.15) is 0 Å². The predicted molar refractivity (Wildman–Crippen MR) is 75.0 cm³/mol. The molecule has 110 valence electrons. The lowest BCUT2D eigenvalue weighted by Gasteiger charge is -2.08. The molecular weight excluding hydrogens is 276 g/mol. The summed E-state index contributed by atoms with van der Waals surface area (Å²) in [6, 6.07) is 12.4. The van der Waals surface area contributed by atoms with Crippen LogP contribution in [0.5, 0.6) is 5.75 Å². The Balaban J connectivity index is 1.71. The van der Waals surface area contributed by atoms with E-state index in [1.165, 1.54) is 6.07 Å². The van der Waals surface area contributed by atoms with Crippen molar-refractivity contribution in [1.82, 2.24) is 5.32 Å². The number of ether oxygens (including phenoxy) is 1. The lowest BCUT2D eigenvalue weighted by Crippen LogP contribution is -2.29. The van der Waals surface area contributed by atoms with E-state index in [2.05, 4.69) is 5.32 Å². The largest absolute Gasteiger partial charge is 0.489 e. The van der Waals surface area contributed by atoms with Crippen molar-refractivity contribution >= 4 is 5.91 Å². The summed E-state index contributed by atoms with van der Waals surface area (Å²) in [5.74, 6) is -1.58. The maximum Gasteiger partial charge on any atom is 0.224 e. The maximum atomic E-state index is 13.3. The Kier molecular flexibility index (Phi) is 5.26. The number of carbonyl (C=O) groups is 1. The van der Waals surface area contributed by atoms with Gasteiger partial charge in [0.05, 0.1) is 13.0 Å². The molecule has 0 spiro atoms. The molecule has 0 aliphatic rings. The zero-order valence-corrected chi connectivity index (χ0v) is 11.3. The zero-order chi connectivity index (χ0) is 15.1. The highest BCUT2D eigenvalue weighted by atomic mass is 19.1. The second-order valence-electron chi connectivity index (χ2n) is 4.44. The van der Waals surface area contributed by atoms with Gasteiger partial charge in [-0.15, -0.1) is 0 Å². The summed E-state index contributed by atoms with van der Waals surface area (Å²) >= 11 is 0. The Morgan fingerprint density at radius 1 is 1.10 bits per heavy atom. The lowest BCUT2D eigenvalue weighted by atomic mass is 10.1. The van der Waals surface area contributed by atoms with Gasteiger partial charge >= 0.3 is 0 Å². The highest BCUT2D eigenvalue weighted by Crippen LogP contribution is 2.17. The molecule has 0 fully saturated rings. The monoisotopic (exact) mass is 291 g/mol. The number of nitrogens with one attached hydrogen (secondary N) is 1. The highest BCUT2D eigenvalue weighted by molar-refractivity contribution is 5.78. The first-order valence-electron chi connectivity index (χ1n) is 6.53. The van der Waals surface area contributed by atoms with Crippen LogP contribution in [-0.4, -0.2) is 19.1 Å². The van der Waals surface area contributed by atoms with Gasteiger partial charge in [-0.3, -0.25) is 4.79 Å². The first kappa shape index (κ1) is 15.0. The molecule has 21 heavy (non-hydrogen) atoms. The molecule has 3 nitrogen and oxygen atoms in total. The molecule has 0 aromatic heterocycles. The van der Waals surface area contributed by atoms with E-state index in [1.807, 2.05) is 30.3 Å². The smallest absolute Gasteiger partial charge is 0.224 e. The zero-order valence-electron chi connectivity index (χ0n) is 11.3. The number of rotatable bonds is 6. The van der Waals surface area contributed by atoms with Crippen molar-refractivity contribution in [3.8, 4) is 5.75 Å². The van der Waals surface area contributed by atoms with Crippen LogP contribution >= 0.6 is 0 Å². The normalized spacial score (nSPS) is 10.2. The van der Waals surface area contributed by atoms with Gasteiger partial charge in [0.25, 0.3) is 0 Å². The molecule has 5 heteroatoms. The Hall–Kier alpha value is -2.43. The van der Waals surface area contributed by atoms with Crippen LogP contribution in [0.3, 0.4) is 0 Å². The van der Waals surface area contributed by atoms with Gasteiger partial charge in [0.15, 0.2) is 11.6 Å². The van der Waals surface area contributed by atoms with Gasteiger partial charge in [-0.1, -0.05) is 30.3 Å². The summed E-state index contributed by atoms with van der Waals surface area (Å²) in [4.78, 5) is 11.6. The van der Waals surface area contributed by atoms with Gasteiger partial charge in [0.1, 0.15) is 12.4 Å². The Labute approximate surface area is 121 Å². The fourth-order valence-corrected chi connectivity index (χ4v) is 1.79. The van der Waals surface area contributed by atoms with E-state index in [1.54, 1.807) is 0 Å². The maximum absolute atomic E-state index is 13.3. The summed E-state index contributed by atoms with van der Waals surface area (Å²) in [7, 11) is 0. The van der Waals surface area contributed by atoms with Gasteiger partial charge < -0.3 is 10.1 Å². The van der Waals surface area contributed by atoms with Crippen LogP contribution in [0.15, 0.2) is 48.5 Å². The van der Waals surface area contributed by atoms with Crippen molar-refractivity contribution in [3.05, 3.63) is 65.7 Å². The summed E-state index contributed by atoms with van der Waals surface area (Å²) in [5.41, 5.74) is 0.917. The van der Waals surface area contributed by atoms with Gasteiger partial charge in [0.2, 0.25) is 5.91 Å². The molecule has 0 radical (unpaired) electrons. The third kappa shape index (κ3) is 4.87. The molecule has 0 aliphatic heterocycles. The number of carbonyl (C=O) groups excluding carboxylic acids is 1. The number of hydrogen-bond donors (Lipinski definition) is 1. The molecule has 0 heterocycles. The minimum absolute atomic E-state index is 0.0336. The highest BCUT2D eigenvalue weighted by Gasteiger charge is 2.05. The van der Waals surface area contributed by atoms with Crippen LogP contribution < -0.4 is 10.1 Å². The average molecular weight is 291 g/mol. The molecule has 0 saturated carbocycles. The van der Waals surface area contributed by atoms with Crippen molar-refractivity contribution in [3.63, 3.8) is 0 Å². The molecule has 2 rings (SSSR count). The van der Waals surface area contributed by atoms with Gasteiger partial charge in [0, 0.05) is 6.07 Å². The Morgan fingerprint density at radius 3 is 2.57 bits per heavy atom. The molecular formula is C16H15F2NO2.